The van der Waals surface area contributed by atoms with Crippen LogP contribution in [0.15, 0.2) is 24.4 Å². The Kier molecular flexibility index (Phi) is 3.82. The molecule has 0 saturated carbocycles. The molecule has 2 aromatic rings. The Labute approximate surface area is 112 Å². The lowest BCUT2D eigenvalue weighted by Gasteiger charge is -2.07. The van der Waals surface area contributed by atoms with Crippen molar-refractivity contribution in [2.24, 2.45) is 0 Å². The maximum Gasteiger partial charge on any atom is 0.322 e. The van der Waals surface area contributed by atoms with Crippen molar-refractivity contribution in [2.75, 3.05) is 0 Å². The number of hydrogen-bond donors (Lipinski definition) is 0. The summed E-state index contributed by atoms with van der Waals surface area (Å²) in [5.41, 5.74) is 4.07. The van der Waals surface area contributed by atoms with Crippen LogP contribution in [0.1, 0.15) is 22.4 Å². The number of aromatic nitrogens is 2. The van der Waals surface area contributed by atoms with Gasteiger partial charge in [-0.15, -0.1) is 11.6 Å². The van der Waals surface area contributed by atoms with Crippen LogP contribution in [0, 0.1) is 20.8 Å². The van der Waals surface area contributed by atoms with Gasteiger partial charge in [0.2, 0.25) is 0 Å². The third-order valence-electron chi connectivity index (χ3n) is 2.61. The summed E-state index contributed by atoms with van der Waals surface area (Å²) in [6, 6.07) is 6.36. The van der Waals surface area contributed by atoms with Gasteiger partial charge in [0, 0.05) is 17.5 Å². The number of benzene rings is 1. The van der Waals surface area contributed by atoms with E-state index in [1.54, 1.807) is 6.20 Å². The first-order valence-electron chi connectivity index (χ1n) is 5.73. The van der Waals surface area contributed by atoms with Crippen LogP contribution in [0.5, 0.6) is 11.8 Å². The lowest BCUT2D eigenvalue weighted by atomic mass is 10.1. The van der Waals surface area contributed by atoms with Crippen molar-refractivity contribution in [3.05, 3.63) is 46.8 Å². The Morgan fingerprint density at radius 1 is 1.11 bits per heavy atom. The van der Waals surface area contributed by atoms with Gasteiger partial charge in [-0.25, -0.2) is 4.98 Å². The fourth-order valence-electron chi connectivity index (χ4n) is 1.75. The highest BCUT2D eigenvalue weighted by atomic mass is 35.5. The molecule has 1 aromatic carbocycles. The largest absolute Gasteiger partial charge is 0.424 e. The number of rotatable bonds is 3. The molecule has 1 heterocycles. The molecule has 94 valence electrons. The molecule has 0 aliphatic carbocycles. The molecule has 0 saturated heterocycles. The number of aryl methyl sites for hydroxylation is 3. The first kappa shape index (κ1) is 12.8. The molecule has 1 aromatic heterocycles. The van der Waals surface area contributed by atoms with Crippen molar-refractivity contribution < 1.29 is 4.74 Å². The standard InChI is InChI=1S/C14H15ClN2O/c1-9-4-10(2)6-13(5-9)18-14-16-8-12(7-15)11(3)17-14/h4-6,8H,7H2,1-3H3. The van der Waals surface area contributed by atoms with E-state index in [4.69, 9.17) is 16.3 Å². The zero-order valence-corrected chi connectivity index (χ0v) is 11.5. The number of alkyl halides is 1. The molecule has 0 aliphatic rings. The third-order valence-corrected chi connectivity index (χ3v) is 2.90. The normalized spacial score (nSPS) is 10.4. The van der Waals surface area contributed by atoms with E-state index in [0.717, 1.165) is 28.1 Å². The van der Waals surface area contributed by atoms with Gasteiger partial charge in [0.1, 0.15) is 5.75 Å². The molecule has 0 aliphatic heterocycles. The van der Waals surface area contributed by atoms with Crippen molar-refractivity contribution in [3.63, 3.8) is 0 Å². The first-order valence-corrected chi connectivity index (χ1v) is 6.26. The molecule has 18 heavy (non-hydrogen) atoms. The van der Waals surface area contributed by atoms with Crippen molar-refractivity contribution >= 4 is 11.6 Å². The van der Waals surface area contributed by atoms with E-state index in [0.29, 0.717) is 11.9 Å². The summed E-state index contributed by atoms with van der Waals surface area (Å²) in [6.07, 6.45) is 1.70. The van der Waals surface area contributed by atoms with E-state index >= 15 is 0 Å². The van der Waals surface area contributed by atoms with E-state index in [1.807, 2.05) is 32.9 Å². The maximum absolute atomic E-state index is 5.77. The molecule has 2 rings (SSSR count). The van der Waals surface area contributed by atoms with Crippen molar-refractivity contribution in [1.29, 1.82) is 0 Å². The van der Waals surface area contributed by atoms with Crippen LogP contribution in [-0.2, 0) is 5.88 Å². The average molecular weight is 263 g/mol. The quantitative estimate of drug-likeness (QED) is 0.786. The fraction of sp³-hybridized carbons (Fsp3) is 0.286. The molecule has 4 heteroatoms. The van der Waals surface area contributed by atoms with Gasteiger partial charge in [-0.1, -0.05) is 6.07 Å². The van der Waals surface area contributed by atoms with Crippen molar-refractivity contribution in [2.45, 2.75) is 26.7 Å². The van der Waals surface area contributed by atoms with E-state index < -0.39 is 0 Å². The van der Waals surface area contributed by atoms with Crippen LogP contribution in [0.3, 0.4) is 0 Å². The molecule has 0 radical (unpaired) electrons. The molecule has 0 spiro atoms. The van der Waals surface area contributed by atoms with Gasteiger partial charge in [-0.05, 0) is 44.0 Å². The van der Waals surface area contributed by atoms with Gasteiger partial charge >= 0.3 is 6.01 Å². The number of nitrogens with zero attached hydrogens (tertiary/aromatic N) is 2. The Bertz CT molecular complexity index is 549. The summed E-state index contributed by atoms with van der Waals surface area (Å²) in [7, 11) is 0. The van der Waals surface area contributed by atoms with Crippen molar-refractivity contribution in [3.8, 4) is 11.8 Å². The smallest absolute Gasteiger partial charge is 0.322 e. The Morgan fingerprint density at radius 3 is 2.33 bits per heavy atom. The van der Waals surface area contributed by atoms with Crippen LogP contribution in [-0.4, -0.2) is 9.97 Å². The van der Waals surface area contributed by atoms with Crippen LogP contribution in [0.2, 0.25) is 0 Å². The van der Waals surface area contributed by atoms with Gasteiger partial charge in [0.15, 0.2) is 0 Å². The summed E-state index contributed by atoms with van der Waals surface area (Å²) >= 11 is 5.77. The summed E-state index contributed by atoms with van der Waals surface area (Å²) in [4.78, 5) is 8.43. The molecule has 0 unspecified atom stereocenters. The molecule has 0 fully saturated rings. The molecule has 0 amide bonds. The molecule has 3 nitrogen and oxygen atoms in total. The highest BCUT2D eigenvalue weighted by Crippen LogP contribution is 2.21. The topological polar surface area (TPSA) is 35.0 Å². The SMILES string of the molecule is Cc1cc(C)cc(Oc2ncc(CCl)c(C)n2)c1. The Hall–Kier alpha value is -1.61. The molecule has 0 bridgehead atoms. The Balaban J connectivity index is 2.25. The second-order valence-corrected chi connectivity index (χ2v) is 4.59. The minimum absolute atomic E-state index is 0.353. The van der Waals surface area contributed by atoms with Gasteiger partial charge in [-0.3, -0.25) is 0 Å². The molecular formula is C14H15ClN2O. The molecule has 0 N–H and O–H groups in total. The Morgan fingerprint density at radius 2 is 1.78 bits per heavy atom. The lowest BCUT2D eigenvalue weighted by molar-refractivity contribution is 0.439. The highest BCUT2D eigenvalue weighted by Gasteiger charge is 2.05. The first-order chi connectivity index (χ1) is 8.58. The summed E-state index contributed by atoms with van der Waals surface area (Å²) < 4.78 is 5.66. The zero-order chi connectivity index (χ0) is 13.1. The van der Waals surface area contributed by atoms with Crippen LogP contribution < -0.4 is 4.74 Å². The number of ether oxygens (including phenoxy) is 1. The van der Waals surface area contributed by atoms with Gasteiger partial charge in [-0.2, -0.15) is 4.98 Å². The van der Waals surface area contributed by atoms with Gasteiger partial charge in [0.05, 0.1) is 5.88 Å². The molecular weight excluding hydrogens is 248 g/mol. The van der Waals surface area contributed by atoms with E-state index in [1.165, 1.54) is 0 Å². The maximum atomic E-state index is 5.77. The monoisotopic (exact) mass is 262 g/mol. The van der Waals surface area contributed by atoms with Crippen LogP contribution >= 0.6 is 11.6 Å². The van der Waals surface area contributed by atoms with Gasteiger partial charge in [0.25, 0.3) is 0 Å². The lowest BCUT2D eigenvalue weighted by Crippen LogP contribution is -1.97. The van der Waals surface area contributed by atoms with Gasteiger partial charge < -0.3 is 4.74 Å². The fourth-order valence-corrected chi connectivity index (χ4v) is 2.01. The summed E-state index contributed by atoms with van der Waals surface area (Å²) in [5.74, 6) is 1.17. The predicted molar refractivity (Wildman–Crippen MR) is 72.3 cm³/mol. The predicted octanol–water partition coefficient (Wildman–Crippen LogP) is 3.93. The molecule has 0 atom stereocenters. The second kappa shape index (κ2) is 5.36. The minimum atomic E-state index is 0.353. The van der Waals surface area contributed by atoms with Crippen LogP contribution in [0.25, 0.3) is 0 Å². The average Bonchev–Trinajstić information content (AvgIpc) is 2.27. The number of halogens is 1. The summed E-state index contributed by atoms with van der Waals surface area (Å²) in [6.45, 7) is 5.96. The summed E-state index contributed by atoms with van der Waals surface area (Å²) in [5, 5.41) is 0. The number of hydrogen-bond acceptors (Lipinski definition) is 3. The third kappa shape index (κ3) is 2.99. The van der Waals surface area contributed by atoms with E-state index in [9.17, 15) is 0 Å². The highest BCUT2D eigenvalue weighted by molar-refractivity contribution is 6.17. The zero-order valence-electron chi connectivity index (χ0n) is 10.7. The van der Waals surface area contributed by atoms with E-state index in [-0.39, 0.29) is 0 Å². The van der Waals surface area contributed by atoms with Crippen molar-refractivity contribution in [1.82, 2.24) is 9.97 Å². The second-order valence-electron chi connectivity index (χ2n) is 4.32. The van der Waals surface area contributed by atoms with Crippen LogP contribution in [0.4, 0.5) is 0 Å². The minimum Gasteiger partial charge on any atom is -0.424 e. The van der Waals surface area contributed by atoms with E-state index in [2.05, 4.69) is 16.0 Å².